The van der Waals surface area contributed by atoms with E-state index in [1.54, 1.807) is 14.2 Å². The highest BCUT2D eigenvalue weighted by Gasteiger charge is 2.12. The summed E-state index contributed by atoms with van der Waals surface area (Å²) in [6.07, 6.45) is 0. The third-order valence-corrected chi connectivity index (χ3v) is 3.22. The molecule has 1 aromatic heterocycles. The molecule has 5 nitrogen and oxygen atoms in total. The summed E-state index contributed by atoms with van der Waals surface area (Å²) in [6, 6.07) is 5.65. The van der Waals surface area contributed by atoms with Crippen molar-refractivity contribution in [3.8, 4) is 22.8 Å². The maximum atomic E-state index is 5.75. The van der Waals surface area contributed by atoms with E-state index in [1.165, 1.54) is 0 Å². The van der Waals surface area contributed by atoms with Crippen molar-refractivity contribution in [2.45, 2.75) is 13.8 Å². The van der Waals surface area contributed by atoms with Gasteiger partial charge in [-0.3, -0.25) is 0 Å². The van der Waals surface area contributed by atoms with Gasteiger partial charge in [-0.25, -0.2) is 0 Å². The number of methoxy groups -OCH3 is 2. The average molecular weight is 259 g/mol. The number of anilines is 1. The van der Waals surface area contributed by atoms with Gasteiger partial charge in [0.25, 0.3) is 0 Å². The number of nitrogens with zero attached hydrogens (tertiary/aromatic N) is 2. The third-order valence-electron chi connectivity index (χ3n) is 3.22. The topological polar surface area (TPSA) is 70.3 Å². The highest BCUT2D eigenvalue weighted by atomic mass is 16.5. The Kier molecular flexibility index (Phi) is 3.55. The summed E-state index contributed by atoms with van der Waals surface area (Å²) >= 11 is 0. The zero-order valence-corrected chi connectivity index (χ0v) is 11.5. The zero-order valence-electron chi connectivity index (χ0n) is 11.5. The Morgan fingerprint density at radius 3 is 2.26 bits per heavy atom. The minimum atomic E-state index is 0.460. The van der Waals surface area contributed by atoms with E-state index in [0.717, 1.165) is 22.4 Å². The molecule has 0 saturated heterocycles. The van der Waals surface area contributed by atoms with E-state index in [2.05, 4.69) is 10.2 Å². The van der Waals surface area contributed by atoms with Crippen LogP contribution < -0.4 is 15.2 Å². The third kappa shape index (κ3) is 2.31. The minimum absolute atomic E-state index is 0.460. The summed E-state index contributed by atoms with van der Waals surface area (Å²) in [6.45, 7) is 3.91. The normalized spacial score (nSPS) is 10.3. The molecule has 0 fully saturated rings. The fourth-order valence-corrected chi connectivity index (χ4v) is 1.88. The summed E-state index contributed by atoms with van der Waals surface area (Å²) < 4.78 is 10.5. The first-order valence-corrected chi connectivity index (χ1v) is 5.90. The number of rotatable bonds is 3. The van der Waals surface area contributed by atoms with Crippen LogP contribution in [0.1, 0.15) is 11.1 Å². The van der Waals surface area contributed by atoms with Gasteiger partial charge in [0, 0.05) is 5.56 Å². The number of aromatic nitrogens is 2. The molecule has 0 amide bonds. The molecule has 1 heterocycles. The van der Waals surface area contributed by atoms with Gasteiger partial charge >= 0.3 is 0 Å². The lowest BCUT2D eigenvalue weighted by Crippen LogP contribution is -2.02. The van der Waals surface area contributed by atoms with Crippen LogP contribution in [0, 0.1) is 13.8 Å². The molecule has 19 heavy (non-hydrogen) atoms. The van der Waals surface area contributed by atoms with Crippen molar-refractivity contribution >= 4 is 5.82 Å². The van der Waals surface area contributed by atoms with Crippen molar-refractivity contribution in [3.05, 3.63) is 29.3 Å². The summed E-state index contributed by atoms with van der Waals surface area (Å²) in [7, 11) is 3.21. The van der Waals surface area contributed by atoms with Crippen LogP contribution in [0.3, 0.4) is 0 Å². The Balaban J connectivity index is 2.56. The van der Waals surface area contributed by atoms with Crippen molar-refractivity contribution < 1.29 is 9.47 Å². The molecular formula is C14H17N3O2. The lowest BCUT2D eigenvalue weighted by Gasteiger charge is -2.12. The Hall–Kier alpha value is -2.30. The highest BCUT2D eigenvalue weighted by molar-refractivity contribution is 5.68. The van der Waals surface area contributed by atoms with Crippen LogP contribution in [0.15, 0.2) is 18.2 Å². The van der Waals surface area contributed by atoms with Crippen LogP contribution in [0.5, 0.6) is 11.5 Å². The number of nitrogens with two attached hydrogens (primary N) is 1. The second kappa shape index (κ2) is 5.14. The maximum absolute atomic E-state index is 5.75. The molecule has 2 N–H and O–H groups in total. The molecule has 0 spiro atoms. The van der Waals surface area contributed by atoms with E-state index >= 15 is 0 Å². The SMILES string of the molecule is COc1ccc(-c2nnc(N)c(C)c2C)cc1OC. The molecule has 2 rings (SSSR count). The quantitative estimate of drug-likeness (QED) is 0.916. The van der Waals surface area contributed by atoms with Gasteiger partial charge in [0.1, 0.15) is 5.82 Å². The van der Waals surface area contributed by atoms with Gasteiger partial charge < -0.3 is 15.2 Å². The van der Waals surface area contributed by atoms with E-state index in [9.17, 15) is 0 Å². The van der Waals surface area contributed by atoms with Crippen molar-refractivity contribution in [1.82, 2.24) is 10.2 Å². The Morgan fingerprint density at radius 1 is 0.947 bits per heavy atom. The first-order chi connectivity index (χ1) is 9.08. The predicted octanol–water partition coefficient (Wildman–Crippen LogP) is 2.36. The molecule has 2 aromatic rings. The van der Waals surface area contributed by atoms with E-state index in [1.807, 2.05) is 32.0 Å². The van der Waals surface area contributed by atoms with E-state index in [-0.39, 0.29) is 0 Å². The van der Waals surface area contributed by atoms with Gasteiger partial charge in [0.15, 0.2) is 11.5 Å². The molecule has 0 aliphatic heterocycles. The average Bonchev–Trinajstić information content (AvgIpc) is 2.44. The fourth-order valence-electron chi connectivity index (χ4n) is 1.88. The van der Waals surface area contributed by atoms with Crippen molar-refractivity contribution in [3.63, 3.8) is 0 Å². The van der Waals surface area contributed by atoms with Gasteiger partial charge in [-0.05, 0) is 43.2 Å². The number of benzene rings is 1. The van der Waals surface area contributed by atoms with Gasteiger partial charge in [-0.2, -0.15) is 0 Å². The maximum Gasteiger partial charge on any atom is 0.161 e. The van der Waals surface area contributed by atoms with Gasteiger partial charge in [-0.15, -0.1) is 10.2 Å². The molecule has 0 unspecified atom stereocenters. The lowest BCUT2D eigenvalue weighted by atomic mass is 10.0. The molecule has 5 heteroatoms. The van der Waals surface area contributed by atoms with Gasteiger partial charge in [-0.1, -0.05) is 0 Å². The molecule has 100 valence electrons. The van der Waals surface area contributed by atoms with E-state index in [0.29, 0.717) is 17.3 Å². The Bertz CT molecular complexity index is 612. The van der Waals surface area contributed by atoms with E-state index in [4.69, 9.17) is 15.2 Å². The van der Waals surface area contributed by atoms with Crippen molar-refractivity contribution in [1.29, 1.82) is 0 Å². The van der Waals surface area contributed by atoms with E-state index < -0.39 is 0 Å². The minimum Gasteiger partial charge on any atom is -0.493 e. The molecule has 0 atom stereocenters. The standard InChI is InChI=1S/C14H17N3O2/c1-8-9(2)14(15)17-16-13(8)10-5-6-11(18-3)12(7-10)19-4/h5-7H,1-4H3,(H2,15,17). The second-order valence-electron chi connectivity index (χ2n) is 4.25. The fraction of sp³-hybridized carbons (Fsp3) is 0.286. The Labute approximate surface area is 112 Å². The molecule has 0 aliphatic carbocycles. The lowest BCUT2D eigenvalue weighted by molar-refractivity contribution is 0.355. The molecule has 0 saturated carbocycles. The number of nitrogen functional groups attached to an aromatic ring is 1. The predicted molar refractivity (Wildman–Crippen MR) is 74.5 cm³/mol. The number of hydrogen-bond donors (Lipinski definition) is 1. The van der Waals surface area contributed by atoms with Crippen LogP contribution in [-0.2, 0) is 0 Å². The molecule has 0 aliphatic rings. The van der Waals surface area contributed by atoms with Gasteiger partial charge in [0.2, 0.25) is 0 Å². The smallest absolute Gasteiger partial charge is 0.161 e. The first kappa shape index (κ1) is 13.1. The summed E-state index contributed by atoms with van der Waals surface area (Å²) in [5.74, 6) is 1.81. The zero-order chi connectivity index (χ0) is 14.0. The highest BCUT2D eigenvalue weighted by Crippen LogP contribution is 2.33. The molecule has 0 bridgehead atoms. The van der Waals surface area contributed by atoms with Gasteiger partial charge in [0.05, 0.1) is 19.9 Å². The summed E-state index contributed by atoms with van der Waals surface area (Å²) in [5.41, 5.74) is 9.43. The second-order valence-corrected chi connectivity index (χ2v) is 4.25. The monoisotopic (exact) mass is 259 g/mol. The Morgan fingerprint density at radius 2 is 1.63 bits per heavy atom. The summed E-state index contributed by atoms with van der Waals surface area (Å²) in [4.78, 5) is 0. The number of hydrogen-bond acceptors (Lipinski definition) is 5. The van der Waals surface area contributed by atoms with Crippen LogP contribution in [0.25, 0.3) is 11.3 Å². The first-order valence-electron chi connectivity index (χ1n) is 5.90. The van der Waals surface area contributed by atoms with Crippen molar-refractivity contribution in [2.24, 2.45) is 0 Å². The van der Waals surface area contributed by atoms with Crippen LogP contribution >= 0.6 is 0 Å². The van der Waals surface area contributed by atoms with Crippen LogP contribution in [-0.4, -0.2) is 24.4 Å². The molecular weight excluding hydrogens is 242 g/mol. The largest absolute Gasteiger partial charge is 0.493 e. The van der Waals surface area contributed by atoms with Crippen LogP contribution in [0.2, 0.25) is 0 Å². The summed E-state index contributed by atoms with van der Waals surface area (Å²) in [5, 5.41) is 8.14. The van der Waals surface area contributed by atoms with Crippen LogP contribution in [0.4, 0.5) is 5.82 Å². The molecule has 0 radical (unpaired) electrons. The van der Waals surface area contributed by atoms with Crippen molar-refractivity contribution in [2.75, 3.05) is 20.0 Å². The molecule has 1 aromatic carbocycles. The number of ether oxygens (including phenoxy) is 2.